The zero-order chi connectivity index (χ0) is 19.2. The molecule has 27 heavy (non-hydrogen) atoms. The third-order valence-corrected chi connectivity index (χ3v) is 4.15. The largest absolute Gasteiger partial charge is 0.459 e. The van der Waals surface area contributed by atoms with E-state index in [0.717, 1.165) is 11.3 Å². The molecule has 0 spiro atoms. The number of rotatable bonds is 7. The van der Waals surface area contributed by atoms with Crippen molar-refractivity contribution in [2.45, 2.75) is 26.4 Å². The van der Waals surface area contributed by atoms with Crippen LogP contribution in [0, 0.1) is 5.92 Å². The average molecular weight is 366 g/mol. The van der Waals surface area contributed by atoms with Crippen molar-refractivity contribution in [1.29, 1.82) is 0 Å². The highest BCUT2D eigenvalue weighted by Gasteiger charge is 2.25. The number of furan rings is 1. The molecule has 0 aliphatic rings. The van der Waals surface area contributed by atoms with Gasteiger partial charge < -0.3 is 15.1 Å². The summed E-state index contributed by atoms with van der Waals surface area (Å²) in [5.41, 5.74) is 1.90. The molecule has 0 fully saturated rings. The maximum Gasteiger partial charge on any atom is 0.287 e. The van der Waals surface area contributed by atoms with Gasteiger partial charge in [-0.05, 0) is 41.8 Å². The minimum atomic E-state index is -0.647. The smallest absolute Gasteiger partial charge is 0.287 e. The standard InChI is InChI=1S/C20H22N4O3/c1-14(2)18(23-19(25)17-5-3-12-27-17)20(26)21-13-15-6-8-16(9-7-15)24-11-4-10-22-24/h3-12,14,18H,13H2,1-2H3,(H,21,26)(H,23,25). The topological polar surface area (TPSA) is 89.2 Å². The lowest BCUT2D eigenvalue weighted by Gasteiger charge is -2.21. The molecule has 0 saturated heterocycles. The van der Waals surface area contributed by atoms with E-state index in [1.807, 2.05) is 50.4 Å². The predicted molar refractivity (Wildman–Crippen MR) is 100 cm³/mol. The first-order chi connectivity index (χ1) is 13.0. The van der Waals surface area contributed by atoms with Crippen LogP contribution in [0.15, 0.2) is 65.5 Å². The summed E-state index contributed by atoms with van der Waals surface area (Å²) < 4.78 is 6.84. The first-order valence-electron chi connectivity index (χ1n) is 8.75. The first-order valence-corrected chi connectivity index (χ1v) is 8.75. The summed E-state index contributed by atoms with van der Waals surface area (Å²) in [5, 5.41) is 9.79. The van der Waals surface area contributed by atoms with Gasteiger partial charge in [-0.15, -0.1) is 0 Å². The van der Waals surface area contributed by atoms with Crippen LogP contribution in [0.5, 0.6) is 0 Å². The fourth-order valence-electron chi connectivity index (χ4n) is 2.64. The van der Waals surface area contributed by atoms with Gasteiger partial charge in [0, 0.05) is 18.9 Å². The molecular weight excluding hydrogens is 344 g/mol. The molecule has 2 aromatic heterocycles. The van der Waals surface area contributed by atoms with Crippen molar-refractivity contribution in [3.05, 3.63) is 72.4 Å². The highest BCUT2D eigenvalue weighted by atomic mass is 16.3. The Bertz CT molecular complexity index is 869. The summed E-state index contributed by atoms with van der Waals surface area (Å²) in [6, 6.07) is 12.1. The van der Waals surface area contributed by atoms with Crippen LogP contribution >= 0.6 is 0 Å². The molecule has 140 valence electrons. The number of carbonyl (C=O) groups excluding carboxylic acids is 2. The van der Waals surface area contributed by atoms with E-state index in [9.17, 15) is 9.59 Å². The Hall–Kier alpha value is -3.35. The molecule has 3 rings (SSSR count). The van der Waals surface area contributed by atoms with Crippen molar-refractivity contribution in [1.82, 2.24) is 20.4 Å². The molecule has 2 N–H and O–H groups in total. The second-order valence-corrected chi connectivity index (χ2v) is 6.51. The third-order valence-electron chi connectivity index (χ3n) is 4.15. The Balaban J connectivity index is 1.58. The fraction of sp³-hybridized carbons (Fsp3) is 0.250. The Morgan fingerprint density at radius 3 is 2.52 bits per heavy atom. The maximum absolute atomic E-state index is 12.5. The number of nitrogens with zero attached hydrogens (tertiary/aromatic N) is 2. The van der Waals surface area contributed by atoms with Gasteiger partial charge in [0.1, 0.15) is 6.04 Å². The Morgan fingerprint density at radius 2 is 1.93 bits per heavy atom. The van der Waals surface area contributed by atoms with E-state index < -0.39 is 11.9 Å². The van der Waals surface area contributed by atoms with E-state index in [1.54, 1.807) is 23.0 Å². The molecule has 0 bridgehead atoms. The van der Waals surface area contributed by atoms with Crippen molar-refractivity contribution in [2.75, 3.05) is 0 Å². The summed E-state index contributed by atoms with van der Waals surface area (Å²) >= 11 is 0. The van der Waals surface area contributed by atoms with Crippen LogP contribution in [0.4, 0.5) is 0 Å². The van der Waals surface area contributed by atoms with Gasteiger partial charge in [0.05, 0.1) is 12.0 Å². The highest BCUT2D eigenvalue weighted by molar-refractivity contribution is 5.95. The van der Waals surface area contributed by atoms with Gasteiger partial charge >= 0.3 is 0 Å². The Morgan fingerprint density at radius 1 is 1.15 bits per heavy atom. The van der Waals surface area contributed by atoms with Crippen LogP contribution in [0.1, 0.15) is 30.0 Å². The Kier molecular flexibility index (Phi) is 5.71. The van der Waals surface area contributed by atoms with Crippen LogP contribution in [0.3, 0.4) is 0 Å². The SMILES string of the molecule is CC(C)C(NC(=O)c1ccco1)C(=O)NCc1ccc(-n2cccn2)cc1. The van der Waals surface area contributed by atoms with Crippen molar-refractivity contribution < 1.29 is 14.0 Å². The van der Waals surface area contributed by atoms with E-state index in [0.29, 0.717) is 6.54 Å². The molecule has 0 aliphatic carbocycles. The third kappa shape index (κ3) is 4.63. The molecule has 2 amide bonds. The normalized spacial score (nSPS) is 12.0. The second kappa shape index (κ2) is 8.35. The van der Waals surface area contributed by atoms with Crippen molar-refractivity contribution in [2.24, 2.45) is 5.92 Å². The summed E-state index contributed by atoms with van der Waals surface area (Å²) in [5.74, 6) is -0.521. The molecule has 0 aliphatic heterocycles. The quantitative estimate of drug-likeness (QED) is 0.672. The monoisotopic (exact) mass is 366 g/mol. The number of hydrogen-bond donors (Lipinski definition) is 2. The van der Waals surface area contributed by atoms with Crippen molar-refractivity contribution in [3.63, 3.8) is 0 Å². The number of benzene rings is 1. The van der Waals surface area contributed by atoms with Crippen LogP contribution in [0.25, 0.3) is 5.69 Å². The van der Waals surface area contributed by atoms with Crippen LogP contribution in [-0.4, -0.2) is 27.6 Å². The lowest BCUT2D eigenvalue weighted by atomic mass is 10.0. The first kappa shape index (κ1) is 18.4. The van der Waals surface area contributed by atoms with Gasteiger partial charge in [-0.1, -0.05) is 26.0 Å². The zero-order valence-electron chi connectivity index (χ0n) is 15.3. The van der Waals surface area contributed by atoms with Crippen molar-refractivity contribution in [3.8, 4) is 5.69 Å². The molecule has 0 saturated carbocycles. The lowest BCUT2D eigenvalue weighted by Crippen LogP contribution is -2.49. The van der Waals surface area contributed by atoms with E-state index in [2.05, 4.69) is 15.7 Å². The number of amides is 2. The van der Waals surface area contributed by atoms with Crippen molar-refractivity contribution >= 4 is 11.8 Å². The molecule has 1 unspecified atom stereocenters. The summed E-state index contributed by atoms with van der Waals surface area (Å²) in [6.45, 7) is 4.13. The minimum absolute atomic E-state index is 0.0638. The van der Waals surface area contributed by atoms with Crippen LogP contribution in [-0.2, 0) is 11.3 Å². The van der Waals surface area contributed by atoms with Gasteiger partial charge in [-0.3, -0.25) is 9.59 Å². The van der Waals surface area contributed by atoms with E-state index in [4.69, 9.17) is 4.42 Å². The van der Waals surface area contributed by atoms with Crippen LogP contribution in [0.2, 0.25) is 0 Å². The summed E-state index contributed by atoms with van der Waals surface area (Å²) in [4.78, 5) is 24.7. The number of hydrogen-bond acceptors (Lipinski definition) is 4. The molecule has 3 aromatic rings. The molecular formula is C20H22N4O3. The zero-order valence-corrected chi connectivity index (χ0v) is 15.3. The number of nitrogens with one attached hydrogen (secondary N) is 2. The minimum Gasteiger partial charge on any atom is -0.459 e. The van der Waals surface area contributed by atoms with Gasteiger partial charge in [-0.25, -0.2) is 4.68 Å². The number of aromatic nitrogens is 2. The van der Waals surface area contributed by atoms with Gasteiger partial charge in [0.25, 0.3) is 5.91 Å². The maximum atomic E-state index is 12.5. The fourth-order valence-corrected chi connectivity index (χ4v) is 2.64. The highest BCUT2D eigenvalue weighted by Crippen LogP contribution is 2.10. The van der Waals surface area contributed by atoms with Gasteiger partial charge in [0.2, 0.25) is 5.91 Å². The molecule has 0 radical (unpaired) electrons. The van der Waals surface area contributed by atoms with Crippen LogP contribution < -0.4 is 10.6 Å². The predicted octanol–water partition coefficient (Wildman–Crippen LogP) is 2.54. The molecule has 2 heterocycles. The average Bonchev–Trinajstić information content (AvgIpc) is 3.38. The number of carbonyl (C=O) groups is 2. The second-order valence-electron chi connectivity index (χ2n) is 6.51. The molecule has 7 nitrogen and oxygen atoms in total. The molecule has 1 aromatic carbocycles. The Labute approximate surface area is 157 Å². The lowest BCUT2D eigenvalue weighted by molar-refractivity contribution is -0.124. The van der Waals surface area contributed by atoms with E-state index >= 15 is 0 Å². The summed E-state index contributed by atoms with van der Waals surface area (Å²) in [7, 11) is 0. The molecule has 1 atom stereocenters. The van der Waals surface area contributed by atoms with Gasteiger partial charge in [-0.2, -0.15) is 5.10 Å². The summed E-state index contributed by atoms with van der Waals surface area (Å²) in [6.07, 6.45) is 5.01. The van der Waals surface area contributed by atoms with Gasteiger partial charge in [0.15, 0.2) is 5.76 Å². The van der Waals surface area contributed by atoms with E-state index in [-0.39, 0.29) is 17.6 Å². The van der Waals surface area contributed by atoms with E-state index in [1.165, 1.54) is 6.26 Å². The molecule has 7 heteroatoms.